The quantitative estimate of drug-likeness (QED) is 0.341. The molecule has 4 aliphatic carbocycles. The van der Waals surface area contributed by atoms with Crippen molar-refractivity contribution in [3.8, 4) is 0 Å². The van der Waals surface area contributed by atoms with Crippen molar-refractivity contribution in [3.63, 3.8) is 0 Å². The summed E-state index contributed by atoms with van der Waals surface area (Å²) in [5.74, 6) is 3.17. The summed E-state index contributed by atoms with van der Waals surface area (Å²) in [7, 11) is -3.68. The molecule has 0 spiro atoms. The van der Waals surface area contributed by atoms with Crippen molar-refractivity contribution in [2.45, 2.75) is 123 Å². The van der Waals surface area contributed by atoms with E-state index < -0.39 is 21.4 Å². The Morgan fingerprint density at radius 2 is 1.66 bits per heavy atom. The van der Waals surface area contributed by atoms with E-state index in [1.807, 2.05) is 4.72 Å². The molecule has 8 heteroatoms. The van der Waals surface area contributed by atoms with Gasteiger partial charge < -0.3 is 14.9 Å². The van der Waals surface area contributed by atoms with Gasteiger partial charge in [0.05, 0.1) is 24.1 Å². The molecule has 4 saturated carbocycles. The van der Waals surface area contributed by atoms with Crippen LogP contribution in [0.2, 0.25) is 0 Å². The van der Waals surface area contributed by atoms with Gasteiger partial charge in [-0.2, -0.15) is 0 Å². The predicted molar refractivity (Wildman–Crippen MR) is 149 cm³/mol. The number of carbonyl (C=O) groups excluding carboxylic acids is 1. The van der Waals surface area contributed by atoms with Gasteiger partial charge >= 0.3 is 6.09 Å². The fourth-order valence-electron chi connectivity index (χ4n) is 9.97. The minimum atomic E-state index is -3.68. The van der Waals surface area contributed by atoms with Gasteiger partial charge in [0.25, 0.3) is 0 Å². The van der Waals surface area contributed by atoms with Gasteiger partial charge in [-0.15, -0.1) is 0 Å². The topological polar surface area (TPSA) is 113 Å². The molecule has 0 aromatic carbocycles. The van der Waals surface area contributed by atoms with E-state index in [-0.39, 0.29) is 35.6 Å². The van der Waals surface area contributed by atoms with Crippen LogP contribution in [-0.4, -0.2) is 48.8 Å². The number of aliphatic hydroxyl groups excluding tert-OH is 2. The van der Waals surface area contributed by atoms with Crippen LogP contribution in [0.15, 0.2) is 0 Å². The van der Waals surface area contributed by atoms with E-state index in [1.54, 1.807) is 0 Å². The smallest absolute Gasteiger partial charge is 0.420 e. The number of carbonyl (C=O) groups is 1. The summed E-state index contributed by atoms with van der Waals surface area (Å²) in [5, 5.41) is 21.7. The lowest BCUT2D eigenvalue weighted by molar-refractivity contribution is -0.203. The highest BCUT2D eigenvalue weighted by Crippen LogP contribution is 2.69. The molecule has 0 radical (unpaired) electrons. The van der Waals surface area contributed by atoms with Crippen molar-refractivity contribution in [1.82, 2.24) is 4.72 Å². The van der Waals surface area contributed by atoms with E-state index in [4.69, 9.17) is 4.74 Å². The predicted octanol–water partition coefficient (Wildman–Crippen LogP) is 5.49. The highest BCUT2D eigenvalue weighted by molar-refractivity contribution is 7.90. The van der Waals surface area contributed by atoms with Crippen LogP contribution in [0, 0.1) is 52.3 Å². The molecule has 4 fully saturated rings. The van der Waals surface area contributed by atoms with Gasteiger partial charge in [-0.25, -0.2) is 17.9 Å². The number of hydrogen-bond acceptors (Lipinski definition) is 6. The van der Waals surface area contributed by atoms with Crippen LogP contribution in [0.4, 0.5) is 4.79 Å². The van der Waals surface area contributed by atoms with Crippen molar-refractivity contribution >= 4 is 16.1 Å². The molecule has 0 saturated heterocycles. The molecule has 4 aliphatic rings. The first-order chi connectivity index (χ1) is 17.8. The van der Waals surface area contributed by atoms with E-state index >= 15 is 0 Å². The largest absolute Gasteiger partial charge is 0.449 e. The number of amides is 1. The second-order valence-corrected chi connectivity index (χ2v) is 16.3. The van der Waals surface area contributed by atoms with Crippen LogP contribution in [0.5, 0.6) is 0 Å². The Bertz CT molecular complexity index is 954. The summed E-state index contributed by atoms with van der Waals surface area (Å²) in [6.07, 6.45) is 8.80. The summed E-state index contributed by atoms with van der Waals surface area (Å²) in [4.78, 5) is 11.9. The monoisotopic (exact) mass is 555 g/mol. The van der Waals surface area contributed by atoms with Gasteiger partial charge in [0, 0.05) is 0 Å². The maximum absolute atomic E-state index is 11.9. The molecule has 7 nitrogen and oxygen atoms in total. The number of aliphatic hydroxyl groups is 2. The van der Waals surface area contributed by atoms with Gasteiger partial charge in [0.15, 0.2) is 0 Å². The molecule has 0 aromatic rings. The Balaban J connectivity index is 1.39. The standard InChI is InChI=1S/C30H53NO6S/c1-7-21-25-17-20(32)12-14-30(25,6)24-13-15-29(5)22(10-11-23(29)26(24)27(21)33)19(4)9-8-16-37-28(34)31-38(35,36)18(2)3/h18-27,32-33H,7-17H2,1-6H3,(H,31,34)/t19-,20-,21-,22-,23+,24+,25+,26+,27-,29-,30-/m1/s1. The average molecular weight is 556 g/mol. The highest BCUT2D eigenvalue weighted by atomic mass is 32.2. The molecule has 0 bridgehead atoms. The minimum absolute atomic E-state index is 0.209. The lowest BCUT2D eigenvalue weighted by Gasteiger charge is -2.64. The Morgan fingerprint density at radius 3 is 2.32 bits per heavy atom. The zero-order chi connectivity index (χ0) is 28.0. The van der Waals surface area contributed by atoms with Crippen LogP contribution < -0.4 is 4.72 Å². The van der Waals surface area contributed by atoms with E-state index in [1.165, 1.54) is 39.5 Å². The molecule has 38 heavy (non-hydrogen) atoms. The first-order valence-corrected chi connectivity index (χ1v) is 16.8. The lowest BCUT2D eigenvalue weighted by Crippen LogP contribution is -2.62. The van der Waals surface area contributed by atoms with Crippen LogP contribution in [0.25, 0.3) is 0 Å². The fourth-order valence-corrected chi connectivity index (χ4v) is 10.5. The second kappa shape index (κ2) is 11.2. The molecule has 0 unspecified atom stereocenters. The molecule has 11 atom stereocenters. The molecule has 4 rings (SSSR count). The number of ether oxygens (including phenoxy) is 1. The zero-order valence-electron chi connectivity index (χ0n) is 24.5. The van der Waals surface area contributed by atoms with Gasteiger partial charge in [-0.3, -0.25) is 0 Å². The van der Waals surface area contributed by atoms with Crippen molar-refractivity contribution < 1.29 is 28.2 Å². The average Bonchev–Trinajstić information content (AvgIpc) is 3.20. The van der Waals surface area contributed by atoms with E-state index in [0.29, 0.717) is 41.9 Å². The number of fused-ring (bicyclic) bond motifs is 5. The Labute approximate surface area is 230 Å². The number of rotatable bonds is 8. The van der Waals surface area contributed by atoms with Crippen molar-refractivity contribution in [2.75, 3.05) is 6.61 Å². The molecule has 0 heterocycles. The first-order valence-electron chi connectivity index (χ1n) is 15.3. The number of nitrogens with one attached hydrogen (secondary N) is 1. The molecule has 220 valence electrons. The fraction of sp³-hybridized carbons (Fsp3) is 0.967. The second-order valence-electron chi connectivity index (χ2n) is 14.1. The minimum Gasteiger partial charge on any atom is -0.449 e. The van der Waals surface area contributed by atoms with Crippen molar-refractivity contribution in [3.05, 3.63) is 0 Å². The van der Waals surface area contributed by atoms with Crippen LogP contribution in [0.1, 0.15) is 106 Å². The summed E-state index contributed by atoms with van der Waals surface area (Å²) in [6, 6.07) is 0. The molecule has 3 N–H and O–H groups in total. The van der Waals surface area contributed by atoms with Gasteiger partial charge in [0.1, 0.15) is 0 Å². The maximum Gasteiger partial charge on any atom is 0.420 e. The highest BCUT2D eigenvalue weighted by Gasteiger charge is 2.64. The summed E-state index contributed by atoms with van der Waals surface area (Å²) < 4.78 is 30.9. The normalized spacial score (nSPS) is 43.6. The number of hydrogen-bond donors (Lipinski definition) is 3. The third-order valence-electron chi connectivity index (χ3n) is 12.0. The molecule has 0 aromatic heterocycles. The Kier molecular flexibility index (Phi) is 8.87. The summed E-state index contributed by atoms with van der Waals surface area (Å²) >= 11 is 0. The SMILES string of the molecule is CC[C@H]1[C@@H](O)[C@@H]2[C@H](CC[C@]3(C)[C@@H]([C@H](C)CCCOC(=O)NS(=O)(=O)C(C)C)CC[C@@H]23)[C@@]2(C)CC[C@@H](O)C[C@@H]12. The molecule has 0 aliphatic heterocycles. The van der Waals surface area contributed by atoms with E-state index in [9.17, 15) is 23.4 Å². The first kappa shape index (κ1) is 30.1. The third kappa shape index (κ3) is 5.27. The van der Waals surface area contributed by atoms with E-state index in [0.717, 1.165) is 32.1 Å². The summed E-state index contributed by atoms with van der Waals surface area (Å²) in [6.45, 7) is 12.8. The van der Waals surface area contributed by atoms with Gasteiger partial charge in [-0.05, 0) is 124 Å². The summed E-state index contributed by atoms with van der Waals surface area (Å²) in [5.41, 5.74) is 0.427. The molecular formula is C30H53NO6S. The van der Waals surface area contributed by atoms with Crippen LogP contribution >= 0.6 is 0 Å². The molecule has 1 amide bonds. The van der Waals surface area contributed by atoms with E-state index in [2.05, 4.69) is 27.7 Å². The Morgan fingerprint density at radius 1 is 1.00 bits per heavy atom. The van der Waals surface area contributed by atoms with Crippen molar-refractivity contribution in [1.29, 1.82) is 0 Å². The lowest BCUT2D eigenvalue weighted by atomic mass is 9.41. The zero-order valence-corrected chi connectivity index (χ0v) is 25.3. The van der Waals surface area contributed by atoms with Crippen LogP contribution in [0.3, 0.4) is 0 Å². The third-order valence-corrected chi connectivity index (χ3v) is 13.7. The maximum atomic E-state index is 11.9. The number of sulfonamides is 1. The van der Waals surface area contributed by atoms with Gasteiger partial charge in [-0.1, -0.05) is 34.1 Å². The van der Waals surface area contributed by atoms with Crippen LogP contribution in [-0.2, 0) is 14.8 Å². The van der Waals surface area contributed by atoms with Gasteiger partial charge in [0.2, 0.25) is 10.0 Å². The van der Waals surface area contributed by atoms with Crippen molar-refractivity contribution in [2.24, 2.45) is 52.3 Å². The Hall–Kier alpha value is -0.860. The molecular weight excluding hydrogens is 502 g/mol.